The Hall–Kier alpha value is -3.28. The SMILES string of the molecule is CCCN(C)C(=O)[C@H](O)[C@@H](O)C(=O)NC(C)c1ccc(-c2ccccc2C#N)cn1. The van der Waals surface area contributed by atoms with E-state index in [2.05, 4.69) is 16.4 Å². The molecule has 2 amide bonds. The summed E-state index contributed by atoms with van der Waals surface area (Å²) < 4.78 is 0. The van der Waals surface area contributed by atoms with Crippen LogP contribution in [0.25, 0.3) is 11.1 Å². The highest BCUT2D eigenvalue weighted by Crippen LogP contribution is 2.23. The summed E-state index contributed by atoms with van der Waals surface area (Å²) in [6, 6.07) is 12.2. The third-order valence-electron chi connectivity index (χ3n) is 4.70. The number of nitrogens with one attached hydrogen (secondary N) is 1. The molecule has 3 atom stereocenters. The summed E-state index contributed by atoms with van der Waals surface area (Å²) in [7, 11) is 1.50. The van der Waals surface area contributed by atoms with Crippen molar-refractivity contribution >= 4 is 11.8 Å². The molecule has 1 unspecified atom stereocenters. The summed E-state index contributed by atoms with van der Waals surface area (Å²) in [5, 5.41) is 31.8. The molecule has 0 fully saturated rings. The predicted molar refractivity (Wildman–Crippen MR) is 111 cm³/mol. The Labute approximate surface area is 175 Å². The van der Waals surface area contributed by atoms with Crippen LogP contribution in [0.3, 0.4) is 0 Å². The van der Waals surface area contributed by atoms with Crippen LogP contribution in [-0.4, -0.2) is 57.7 Å². The maximum absolute atomic E-state index is 12.3. The van der Waals surface area contributed by atoms with Crippen LogP contribution in [0.2, 0.25) is 0 Å². The van der Waals surface area contributed by atoms with Gasteiger partial charge in [-0.25, -0.2) is 0 Å². The zero-order valence-corrected chi connectivity index (χ0v) is 17.2. The summed E-state index contributed by atoms with van der Waals surface area (Å²) in [6.07, 6.45) is -1.44. The number of carbonyl (C=O) groups is 2. The van der Waals surface area contributed by atoms with Crippen molar-refractivity contribution in [3.8, 4) is 17.2 Å². The van der Waals surface area contributed by atoms with Crippen molar-refractivity contribution in [2.45, 2.75) is 38.5 Å². The molecule has 2 aromatic rings. The number of aliphatic hydroxyl groups is 2. The fourth-order valence-corrected chi connectivity index (χ4v) is 2.98. The van der Waals surface area contributed by atoms with Gasteiger partial charge in [0, 0.05) is 30.9 Å². The third-order valence-corrected chi connectivity index (χ3v) is 4.70. The average Bonchev–Trinajstić information content (AvgIpc) is 2.77. The van der Waals surface area contributed by atoms with Gasteiger partial charge in [0.1, 0.15) is 0 Å². The van der Waals surface area contributed by atoms with E-state index in [4.69, 9.17) is 0 Å². The van der Waals surface area contributed by atoms with Crippen molar-refractivity contribution in [2.24, 2.45) is 0 Å². The van der Waals surface area contributed by atoms with E-state index < -0.39 is 30.1 Å². The van der Waals surface area contributed by atoms with Gasteiger partial charge in [-0.15, -0.1) is 0 Å². The minimum Gasteiger partial charge on any atom is -0.380 e. The number of nitrogens with zero attached hydrogens (tertiary/aromatic N) is 3. The van der Waals surface area contributed by atoms with Gasteiger partial charge >= 0.3 is 0 Å². The lowest BCUT2D eigenvalue weighted by Crippen LogP contribution is -2.50. The van der Waals surface area contributed by atoms with E-state index in [1.54, 1.807) is 37.4 Å². The van der Waals surface area contributed by atoms with Crippen LogP contribution < -0.4 is 5.32 Å². The number of pyridine rings is 1. The average molecular weight is 410 g/mol. The van der Waals surface area contributed by atoms with E-state index >= 15 is 0 Å². The molecular weight excluding hydrogens is 384 g/mol. The number of aliphatic hydroxyl groups excluding tert-OH is 2. The standard InChI is InChI=1S/C22H26N4O4/c1-4-11-26(3)22(30)20(28)19(27)21(29)25-14(2)18-10-9-16(13-24-18)17-8-6-5-7-15(17)12-23/h5-10,13-14,19-20,27-28H,4,11H2,1-3H3,(H,25,29)/t14?,19-,20-/m1/s1. The van der Waals surface area contributed by atoms with Crippen molar-refractivity contribution in [3.63, 3.8) is 0 Å². The van der Waals surface area contributed by atoms with Gasteiger partial charge in [-0.2, -0.15) is 5.26 Å². The van der Waals surface area contributed by atoms with Crippen molar-refractivity contribution in [3.05, 3.63) is 53.9 Å². The first kappa shape index (κ1) is 23.0. The van der Waals surface area contributed by atoms with Gasteiger partial charge in [0.15, 0.2) is 12.2 Å². The molecule has 1 aromatic carbocycles. The first-order valence-corrected chi connectivity index (χ1v) is 9.67. The summed E-state index contributed by atoms with van der Waals surface area (Å²) >= 11 is 0. The smallest absolute Gasteiger partial charge is 0.254 e. The molecular formula is C22H26N4O4. The first-order chi connectivity index (χ1) is 14.3. The number of aromatic nitrogens is 1. The van der Waals surface area contributed by atoms with E-state index in [1.807, 2.05) is 19.1 Å². The largest absolute Gasteiger partial charge is 0.380 e. The Morgan fingerprint density at radius 3 is 2.50 bits per heavy atom. The number of carbonyl (C=O) groups excluding carboxylic acids is 2. The topological polar surface area (TPSA) is 127 Å². The van der Waals surface area contributed by atoms with E-state index in [0.29, 0.717) is 24.2 Å². The monoisotopic (exact) mass is 410 g/mol. The molecule has 8 nitrogen and oxygen atoms in total. The van der Waals surface area contributed by atoms with Gasteiger partial charge < -0.3 is 20.4 Å². The maximum Gasteiger partial charge on any atom is 0.254 e. The molecule has 0 bridgehead atoms. The molecule has 30 heavy (non-hydrogen) atoms. The molecule has 0 spiro atoms. The lowest BCUT2D eigenvalue weighted by atomic mass is 10.0. The lowest BCUT2D eigenvalue weighted by molar-refractivity contribution is -0.152. The first-order valence-electron chi connectivity index (χ1n) is 9.67. The van der Waals surface area contributed by atoms with Crippen LogP contribution in [0, 0.1) is 11.3 Å². The Bertz CT molecular complexity index is 923. The van der Waals surface area contributed by atoms with Crippen molar-refractivity contribution < 1.29 is 19.8 Å². The van der Waals surface area contributed by atoms with Crippen LogP contribution in [0.1, 0.15) is 37.6 Å². The second-order valence-corrected chi connectivity index (χ2v) is 7.01. The number of benzene rings is 1. The van der Waals surface area contributed by atoms with E-state index in [9.17, 15) is 25.1 Å². The highest BCUT2D eigenvalue weighted by atomic mass is 16.3. The zero-order valence-electron chi connectivity index (χ0n) is 17.2. The van der Waals surface area contributed by atoms with Gasteiger partial charge in [-0.1, -0.05) is 31.2 Å². The minimum atomic E-state index is -1.89. The number of nitriles is 1. The van der Waals surface area contributed by atoms with E-state index in [-0.39, 0.29) is 0 Å². The molecule has 2 rings (SSSR count). The van der Waals surface area contributed by atoms with Crippen molar-refractivity contribution in [1.29, 1.82) is 5.26 Å². The second kappa shape index (κ2) is 10.5. The zero-order chi connectivity index (χ0) is 22.3. The van der Waals surface area contributed by atoms with Gasteiger partial charge in [0.25, 0.3) is 11.8 Å². The van der Waals surface area contributed by atoms with Gasteiger partial charge in [-0.3, -0.25) is 14.6 Å². The lowest BCUT2D eigenvalue weighted by Gasteiger charge is -2.24. The summed E-state index contributed by atoms with van der Waals surface area (Å²) in [6.45, 7) is 3.96. The molecule has 3 N–H and O–H groups in total. The molecule has 158 valence electrons. The fourth-order valence-electron chi connectivity index (χ4n) is 2.98. The van der Waals surface area contributed by atoms with Crippen LogP contribution >= 0.6 is 0 Å². The number of amides is 2. The van der Waals surface area contributed by atoms with Crippen LogP contribution in [0.15, 0.2) is 42.6 Å². The van der Waals surface area contributed by atoms with E-state index in [1.165, 1.54) is 11.9 Å². The molecule has 0 aliphatic carbocycles. The number of hydrogen-bond donors (Lipinski definition) is 3. The van der Waals surface area contributed by atoms with Gasteiger partial charge in [0.2, 0.25) is 0 Å². The molecule has 0 saturated carbocycles. The molecule has 1 aromatic heterocycles. The number of likely N-dealkylation sites (N-methyl/N-ethyl adjacent to an activating group) is 1. The molecule has 0 aliphatic rings. The number of hydrogen-bond acceptors (Lipinski definition) is 6. The van der Waals surface area contributed by atoms with Gasteiger partial charge in [0.05, 0.1) is 23.4 Å². The Morgan fingerprint density at radius 2 is 1.90 bits per heavy atom. The third kappa shape index (κ3) is 5.41. The van der Waals surface area contributed by atoms with Crippen LogP contribution in [0.5, 0.6) is 0 Å². The van der Waals surface area contributed by atoms with Crippen LogP contribution in [0.4, 0.5) is 0 Å². The maximum atomic E-state index is 12.3. The number of rotatable bonds is 8. The Morgan fingerprint density at radius 1 is 1.20 bits per heavy atom. The molecule has 0 saturated heterocycles. The van der Waals surface area contributed by atoms with Gasteiger partial charge in [-0.05, 0) is 25.5 Å². The Balaban J connectivity index is 2.05. The highest BCUT2D eigenvalue weighted by molar-refractivity contribution is 5.90. The van der Waals surface area contributed by atoms with Crippen LogP contribution in [-0.2, 0) is 9.59 Å². The van der Waals surface area contributed by atoms with Crippen molar-refractivity contribution in [2.75, 3.05) is 13.6 Å². The van der Waals surface area contributed by atoms with Crippen molar-refractivity contribution in [1.82, 2.24) is 15.2 Å². The second-order valence-electron chi connectivity index (χ2n) is 7.01. The normalized spacial score (nSPS) is 13.6. The fraction of sp³-hybridized carbons (Fsp3) is 0.364. The molecule has 0 radical (unpaired) electrons. The predicted octanol–water partition coefficient (Wildman–Crippen LogP) is 1.39. The Kier molecular flexibility index (Phi) is 8.04. The minimum absolute atomic E-state index is 0.409. The quantitative estimate of drug-likeness (QED) is 0.604. The highest BCUT2D eigenvalue weighted by Gasteiger charge is 2.32. The summed E-state index contributed by atoms with van der Waals surface area (Å²) in [5.74, 6) is -1.58. The summed E-state index contributed by atoms with van der Waals surface area (Å²) in [4.78, 5) is 29.9. The molecule has 0 aliphatic heterocycles. The van der Waals surface area contributed by atoms with E-state index in [0.717, 1.165) is 11.1 Å². The molecule has 8 heteroatoms. The summed E-state index contributed by atoms with van der Waals surface area (Å²) in [5.41, 5.74) is 2.57. The molecule has 1 heterocycles.